The lowest BCUT2D eigenvalue weighted by Gasteiger charge is -2.27. The molecule has 3 aromatic rings. The Kier molecular flexibility index (Phi) is 7.38. The summed E-state index contributed by atoms with van der Waals surface area (Å²) in [7, 11) is 0. The van der Waals surface area contributed by atoms with Gasteiger partial charge in [-0.05, 0) is 78.2 Å². The Morgan fingerprint density at radius 2 is 1.28 bits per heavy atom. The molecule has 0 aliphatic heterocycles. The summed E-state index contributed by atoms with van der Waals surface area (Å²) in [5.74, 6) is -0.0159. The van der Waals surface area contributed by atoms with Crippen molar-refractivity contribution in [3.8, 4) is 0 Å². The molecule has 0 amide bonds. The Hall–Kier alpha value is -2.26. The fourth-order valence-corrected chi connectivity index (χ4v) is 3.43. The first-order valence-electron chi connectivity index (χ1n) is 9.13. The van der Waals surface area contributed by atoms with Crippen molar-refractivity contribution >= 4 is 52.3 Å². The van der Waals surface area contributed by atoms with Gasteiger partial charge in [0.25, 0.3) is 0 Å². The maximum atomic E-state index is 11.5. The normalized spacial score (nSPS) is 11.0. The van der Waals surface area contributed by atoms with Gasteiger partial charge in [-0.25, -0.2) is 0 Å². The predicted octanol–water partition coefficient (Wildman–Crippen LogP) is 7.46. The van der Waals surface area contributed by atoms with Crippen molar-refractivity contribution in [3.05, 3.63) is 105 Å². The number of carbonyl (C=O) groups is 1. The van der Waals surface area contributed by atoms with E-state index in [1.54, 1.807) is 12.2 Å². The zero-order chi connectivity index (χ0) is 20.8. The second-order valence-electron chi connectivity index (χ2n) is 6.76. The number of halogens is 3. The summed E-state index contributed by atoms with van der Waals surface area (Å²) >= 11 is 18.3. The van der Waals surface area contributed by atoms with Gasteiger partial charge >= 0.3 is 0 Å². The first-order chi connectivity index (χ1) is 13.9. The van der Waals surface area contributed by atoms with Gasteiger partial charge < -0.3 is 4.90 Å². The van der Waals surface area contributed by atoms with Gasteiger partial charge in [0.15, 0.2) is 5.78 Å². The van der Waals surface area contributed by atoms with Crippen LogP contribution in [0.15, 0.2) is 72.8 Å². The zero-order valence-electron chi connectivity index (χ0n) is 15.9. The lowest BCUT2D eigenvalue weighted by Crippen LogP contribution is -2.23. The Morgan fingerprint density at radius 3 is 1.76 bits per heavy atom. The average molecular weight is 445 g/mol. The predicted molar refractivity (Wildman–Crippen MR) is 124 cm³/mol. The maximum absolute atomic E-state index is 11.5. The summed E-state index contributed by atoms with van der Waals surface area (Å²) in [5.41, 5.74) is 4.12. The third-order valence-corrected chi connectivity index (χ3v) is 5.14. The number of hydrogen-bond acceptors (Lipinski definition) is 2. The van der Waals surface area contributed by atoms with E-state index < -0.39 is 0 Å². The van der Waals surface area contributed by atoms with E-state index >= 15 is 0 Å². The molecule has 0 heterocycles. The van der Waals surface area contributed by atoms with Crippen LogP contribution in [0.25, 0.3) is 6.08 Å². The highest BCUT2D eigenvalue weighted by atomic mass is 35.5. The maximum Gasteiger partial charge on any atom is 0.152 e. The van der Waals surface area contributed by atoms with Crippen LogP contribution < -0.4 is 4.90 Å². The lowest BCUT2D eigenvalue weighted by atomic mass is 10.1. The molecule has 0 spiro atoms. The SMILES string of the molecule is CC(=O)/C=C/c1cc(Cl)ccc1N(Cc1ccc(Cl)cc1)Cc1ccc(Cl)cc1. The van der Waals surface area contributed by atoms with Crippen molar-refractivity contribution in [2.24, 2.45) is 0 Å². The number of benzene rings is 3. The summed E-state index contributed by atoms with van der Waals surface area (Å²) in [6, 6.07) is 21.3. The standard InChI is InChI=1S/C24H20Cl3NO/c1-17(29)2-7-20-14-23(27)12-13-24(20)28(15-18-3-8-21(25)9-4-18)16-19-5-10-22(26)11-6-19/h2-14H,15-16H2,1H3/b7-2+. The molecular weight excluding hydrogens is 425 g/mol. The third kappa shape index (κ3) is 6.37. The van der Waals surface area contributed by atoms with E-state index in [0.717, 1.165) is 22.4 Å². The minimum absolute atomic E-state index is 0.0159. The lowest BCUT2D eigenvalue weighted by molar-refractivity contribution is -0.112. The molecule has 0 fully saturated rings. The van der Waals surface area contributed by atoms with Gasteiger partial charge in [-0.3, -0.25) is 4.79 Å². The number of rotatable bonds is 7. The highest BCUT2D eigenvalue weighted by molar-refractivity contribution is 6.31. The van der Waals surface area contributed by atoms with Crippen molar-refractivity contribution in [2.75, 3.05) is 4.90 Å². The summed E-state index contributed by atoms with van der Waals surface area (Å²) in [6.45, 7) is 2.87. The van der Waals surface area contributed by atoms with E-state index in [2.05, 4.69) is 4.90 Å². The highest BCUT2D eigenvalue weighted by Crippen LogP contribution is 2.29. The number of ketones is 1. The third-order valence-electron chi connectivity index (χ3n) is 4.40. The molecule has 0 aliphatic carbocycles. The monoisotopic (exact) mass is 443 g/mol. The second kappa shape index (κ2) is 9.98. The highest BCUT2D eigenvalue weighted by Gasteiger charge is 2.13. The molecule has 0 bridgehead atoms. The number of nitrogens with zero attached hydrogens (tertiary/aromatic N) is 1. The fourth-order valence-electron chi connectivity index (χ4n) is 3.00. The van der Waals surface area contributed by atoms with E-state index in [1.165, 1.54) is 6.92 Å². The topological polar surface area (TPSA) is 20.3 Å². The van der Waals surface area contributed by atoms with Crippen LogP contribution in [0.3, 0.4) is 0 Å². The molecule has 0 saturated carbocycles. The summed E-state index contributed by atoms with van der Waals surface area (Å²) in [6.07, 6.45) is 3.36. The van der Waals surface area contributed by atoms with Crippen LogP contribution in [0.4, 0.5) is 5.69 Å². The van der Waals surface area contributed by atoms with Crippen LogP contribution >= 0.6 is 34.8 Å². The smallest absolute Gasteiger partial charge is 0.152 e. The van der Waals surface area contributed by atoms with Gasteiger partial charge in [0.1, 0.15) is 0 Å². The molecule has 148 valence electrons. The number of carbonyl (C=O) groups excluding carboxylic acids is 1. The molecule has 0 radical (unpaired) electrons. The van der Waals surface area contributed by atoms with E-state index in [-0.39, 0.29) is 5.78 Å². The van der Waals surface area contributed by atoms with Crippen LogP contribution in [0, 0.1) is 0 Å². The minimum Gasteiger partial charge on any atom is -0.362 e. The minimum atomic E-state index is -0.0159. The van der Waals surface area contributed by atoms with E-state index in [9.17, 15) is 4.79 Å². The Balaban J connectivity index is 2.00. The number of allylic oxidation sites excluding steroid dienone is 1. The molecule has 0 unspecified atom stereocenters. The molecule has 0 saturated heterocycles. The van der Waals surface area contributed by atoms with Crippen LogP contribution in [-0.4, -0.2) is 5.78 Å². The number of anilines is 1. The summed E-state index contributed by atoms with van der Waals surface area (Å²) in [5, 5.41) is 2.03. The number of hydrogen-bond donors (Lipinski definition) is 0. The zero-order valence-corrected chi connectivity index (χ0v) is 18.2. The van der Waals surface area contributed by atoms with E-state index in [1.807, 2.05) is 66.7 Å². The van der Waals surface area contributed by atoms with Crippen molar-refractivity contribution in [2.45, 2.75) is 20.0 Å². The van der Waals surface area contributed by atoms with Gasteiger partial charge in [0.2, 0.25) is 0 Å². The van der Waals surface area contributed by atoms with Crippen molar-refractivity contribution in [1.29, 1.82) is 0 Å². The molecule has 3 rings (SSSR count). The summed E-state index contributed by atoms with van der Waals surface area (Å²) < 4.78 is 0. The molecule has 0 N–H and O–H groups in total. The molecule has 29 heavy (non-hydrogen) atoms. The molecule has 0 aromatic heterocycles. The van der Waals surface area contributed by atoms with Crippen molar-refractivity contribution in [3.63, 3.8) is 0 Å². The van der Waals surface area contributed by atoms with Crippen LogP contribution in [0.5, 0.6) is 0 Å². The van der Waals surface area contributed by atoms with Gasteiger partial charge in [0.05, 0.1) is 0 Å². The van der Waals surface area contributed by atoms with Crippen LogP contribution in [0.1, 0.15) is 23.6 Å². The molecule has 0 atom stereocenters. The molecule has 2 nitrogen and oxygen atoms in total. The van der Waals surface area contributed by atoms with E-state index in [0.29, 0.717) is 28.2 Å². The Morgan fingerprint density at radius 1 is 0.793 bits per heavy atom. The first kappa shape index (κ1) is 21.4. The van der Waals surface area contributed by atoms with Gasteiger partial charge in [-0.1, -0.05) is 59.1 Å². The van der Waals surface area contributed by atoms with Crippen molar-refractivity contribution in [1.82, 2.24) is 0 Å². The quantitative estimate of drug-likeness (QED) is 0.352. The molecule has 5 heteroatoms. The fraction of sp³-hybridized carbons (Fsp3) is 0.125. The van der Waals surface area contributed by atoms with Crippen LogP contribution in [0.2, 0.25) is 15.1 Å². The Labute approximate surface area is 186 Å². The first-order valence-corrected chi connectivity index (χ1v) is 10.3. The average Bonchev–Trinajstić information content (AvgIpc) is 2.69. The van der Waals surface area contributed by atoms with E-state index in [4.69, 9.17) is 34.8 Å². The van der Waals surface area contributed by atoms with Crippen molar-refractivity contribution < 1.29 is 4.79 Å². The van der Waals surface area contributed by atoms with Crippen LogP contribution in [-0.2, 0) is 17.9 Å². The molecular formula is C24H20Cl3NO. The summed E-state index contributed by atoms with van der Waals surface area (Å²) in [4.78, 5) is 13.7. The van der Waals surface area contributed by atoms with Gasteiger partial charge in [-0.15, -0.1) is 0 Å². The largest absolute Gasteiger partial charge is 0.362 e. The van der Waals surface area contributed by atoms with Gasteiger partial charge in [-0.2, -0.15) is 0 Å². The van der Waals surface area contributed by atoms with Gasteiger partial charge in [0, 0.05) is 33.8 Å². The second-order valence-corrected chi connectivity index (χ2v) is 8.07. The Bertz CT molecular complexity index is 964. The molecule has 0 aliphatic rings. The molecule has 3 aromatic carbocycles.